The molecule has 1 aromatic rings. The fraction of sp³-hybridized carbons (Fsp3) is 0.619. The SMILES string of the molecule is CCOc1ccc(C(=O)N2CCCCC2)cc1NC(=O)C[C@@H]1CCC[C@H]1N.Cl. The molecule has 0 spiro atoms. The molecule has 2 aliphatic rings. The van der Waals surface area contributed by atoms with Gasteiger partial charge in [-0.15, -0.1) is 12.4 Å². The van der Waals surface area contributed by atoms with Crippen LogP contribution in [0.15, 0.2) is 18.2 Å². The molecular weight excluding hydrogens is 378 g/mol. The molecule has 0 bridgehead atoms. The molecule has 28 heavy (non-hydrogen) atoms. The van der Waals surface area contributed by atoms with Crippen LogP contribution in [0.4, 0.5) is 5.69 Å². The van der Waals surface area contributed by atoms with Gasteiger partial charge in [-0.1, -0.05) is 6.42 Å². The molecule has 1 saturated heterocycles. The Morgan fingerprint density at radius 2 is 1.93 bits per heavy atom. The van der Waals surface area contributed by atoms with Gasteiger partial charge in [0.15, 0.2) is 0 Å². The number of nitrogens with zero attached hydrogens (tertiary/aromatic N) is 1. The van der Waals surface area contributed by atoms with E-state index in [0.29, 0.717) is 30.0 Å². The van der Waals surface area contributed by atoms with Gasteiger partial charge < -0.3 is 20.7 Å². The Hall–Kier alpha value is -1.79. The molecule has 0 radical (unpaired) electrons. The van der Waals surface area contributed by atoms with Crippen molar-refractivity contribution in [3.63, 3.8) is 0 Å². The Kier molecular flexibility index (Phi) is 8.58. The maximum Gasteiger partial charge on any atom is 0.253 e. The van der Waals surface area contributed by atoms with Crippen molar-refractivity contribution in [1.29, 1.82) is 0 Å². The molecule has 2 atom stereocenters. The average Bonchev–Trinajstić information content (AvgIpc) is 3.08. The standard InChI is InChI=1S/C21H31N3O3.ClH/c1-2-27-19-10-9-16(21(26)24-11-4-3-5-12-24)13-18(19)23-20(25)14-15-7-6-8-17(15)22;/h9-10,13,15,17H,2-8,11-12,14,22H2,1H3,(H,23,25);1H/t15-,17+;/m0./s1. The van der Waals surface area contributed by atoms with Crippen molar-refractivity contribution in [2.45, 2.75) is 57.9 Å². The number of rotatable bonds is 6. The number of anilines is 1. The number of carbonyl (C=O) groups excluding carboxylic acids is 2. The van der Waals surface area contributed by atoms with Gasteiger partial charge in [-0.25, -0.2) is 0 Å². The minimum atomic E-state index is -0.0686. The van der Waals surface area contributed by atoms with Crippen LogP contribution in [0, 0.1) is 5.92 Å². The predicted octanol–water partition coefficient (Wildman–Crippen LogP) is 3.59. The van der Waals surface area contributed by atoms with E-state index in [2.05, 4.69) is 5.32 Å². The fourth-order valence-electron chi connectivity index (χ4n) is 4.08. The first-order chi connectivity index (χ1) is 13.1. The summed E-state index contributed by atoms with van der Waals surface area (Å²) < 4.78 is 5.64. The van der Waals surface area contributed by atoms with E-state index in [1.54, 1.807) is 18.2 Å². The predicted molar refractivity (Wildman–Crippen MR) is 113 cm³/mol. The Morgan fingerprint density at radius 3 is 2.57 bits per heavy atom. The smallest absolute Gasteiger partial charge is 0.253 e. The number of amides is 2. The van der Waals surface area contributed by atoms with E-state index in [1.165, 1.54) is 6.42 Å². The Bertz CT molecular complexity index is 677. The summed E-state index contributed by atoms with van der Waals surface area (Å²) >= 11 is 0. The van der Waals surface area contributed by atoms with E-state index in [0.717, 1.165) is 45.2 Å². The summed E-state index contributed by atoms with van der Waals surface area (Å²) in [6.07, 6.45) is 6.77. The topological polar surface area (TPSA) is 84.7 Å². The molecule has 0 unspecified atom stereocenters. The largest absolute Gasteiger partial charge is 0.492 e. The summed E-state index contributed by atoms with van der Waals surface area (Å²) in [6, 6.07) is 5.41. The minimum Gasteiger partial charge on any atom is -0.492 e. The van der Waals surface area contributed by atoms with Crippen LogP contribution in [0.2, 0.25) is 0 Å². The lowest BCUT2D eigenvalue weighted by atomic mass is 10.00. The van der Waals surface area contributed by atoms with Crippen LogP contribution in [0.3, 0.4) is 0 Å². The molecule has 1 saturated carbocycles. The van der Waals surface area contributed by atoms with E-state index in [1.807, 2.05) is 11.8 Å². The highest BCUT2D eigenvalue weighted by Gasteiger charge is 2.26. The first-order valence-corrected chi connectivity index (χ1v) is 10.2. The fourth-order valence-corrected chi connectivity index (χ4v) is 4.08. The monoisotopic (exact) mass is 409 g/mol. The Labute approximate surface area is 173 Å². The normalized spacial score (nSPS) is 21.7. The number of nitrogens with one attached hydrogen (secondary N) is 1. The zero-order valence-electron chi connectivity index (χ0n) is 16.6. The van der Waals surface area contributed by atoms with Crippen LogP contribution < -0.4 is 15.8 Å². The van der Waals surface area contributed by atoms with E-state index in [-0.39, 0.29) is 36.2 Å². The lowest BCUT2D eigenvalue weighted by molar-refractivity contribution is -0.117. The minimum absolute atomic E-state index is 0. The van der Waals surface area contributed by atoms with Gasteiger partial charge in [-0.3, -0.25) is 9.59 Å². The molecule has 3 rings (SSSR count). The van der Waals surface area contributed by atoms with Gasteiger partial charge in [0.2, 0.25) is 5.91 Å². The van der Waals surface area contributed by atoms with E-state index in [4.69, 9.17) is 10.5 Å². The van der Waals surface area contributed by atoms with Crippen LogP contribution in [0.25, 0.3) is 0 Å². The molecule has 1 aromatic carbocycles. The molecule has 2 fully saturated rings. The van der Waals surface area contributed by atoms with Crippen molar-refractivity contribution < 1.29 is 14.3 Å². The summed E-state index contributed by atoms with van der Waals surface area (Å²) in [5.74, 6) is 0.780. The number of ether oxygens (including phenoxy) is 1. The highest BCUT2D eigenvalue weighted by atomic mass is 35.5. The molecule has 1 heterocycles. The summed E-state index contributed by atoms with van der Waals surface area (Å²) in [7, 11) is 0. The van der Waals surface area contributed by atoms with E-state index in [9.17, 15) is 9.59 Å². The van der Waals surface area contributed by atoms with Gasteiger partial charge in [-0.2, -0.15) is 0 Å². The van der Waals surface area contributed by atoms with Gasteiger partial charge in [-0.05, 0) is 63.1 Å². The number of piperidine rings is 1. The van der Waals surface area contributed by atoms with Crippen molar-refractivity contribution in [1.82, 2.24) is 4.90 Å². The van der Waals surface area contributed by atoms with Gasteiger partial charge in [0.25, 0.3) is 5.91 Å². The lowest BCUT2D eigenvalue weighted by Gasteiger charge is -2.27. The molecule has 1 aliphatic carbocycles. The molecule has 3 N–H and O–H groups in total. The maximum absolute atomic E-state index is 12.8. The zero-order chi connectivity index (χ0) is 19.2. The second-order valence-corrected chi connectivity index (χ2v) is 7.60. The zero-order valence-corrected chi connectivity index (χ0v) is 17.4. The maximum atomic E-state index is 12.8. The molecule has 2 amide bonds. The quantitative estimate of drug-likeness (QED) is 0.751. The van der Waals surface area contributed by atoms with Crippen LogP contribution in [0.1, 0.15) is 62.2 Å². The second kappa shape index (κ2) is 10.7. The summed E-state index contributed by atoms with van der Waals surface area (Å²) in [6.45, 7) is 3.99. The number of carbonyl (C=O) groups is 2. The Morgan fingerprint density at radius 1 is 1.18 bits per heavy atom. The summed E-state index contributed by atoms with van der Waals surface area (Å²) in [5, 5.41) is 2.95. The van der Waals surface area contributed by atoms with Gasteiger partial charge in [0.05, 0.1) is 12.3 Å². The van der Waals surface area contributed by atoms with E-state index >= 15 is 0 Å². The lowest BCUT2D eigenvalue weighted by Crippen LogP contribution is -2.35. The van der Waals surface area contributed by atoms with Crippen LogP contribution in [-0.2, 0) is 4.79 Å². The molecule has 0 aromatic heterocycles. The van der Waals surface area contributed by atoms with Gasteiger partial charge >= 0.3 is 0 Å². The molecular formula is C21H32ClN3O3. The van der Waals surface area contributed by atoms with Crippen LogP contribution in [-0.4, -0.2) is 42.5 Å². The highest BCUT2D eigenvalue weighted by Crippen LogP contribution is 2.30. The Balaban J connectivity index is 0.00000280. The first kappa shape index (κ1) is 22.5. The third kappa shape index (κ3) is 5.61. The van der Waals surface area contributed by atoms with Crippen molar-refractivity contribution in [2.24, 2.45) is 11.7 Å². The number of likely N-dealkylation sites (tertiary alicyclic amines) is 1. The van der Waals surface area contributed by atoms with Gasteiger partial charge in [0, 0.05) is 31.1 Å². The van der Waals surface area contributed by atoms with Crippen LogP contribution >= 0.6 is 12.4 Å². The number of nitrogens with two attached hydrogens (primary N) is 1. The second-order valence-electron chi connectivity index (χ2n) is 7.60. The highest BCUT2D eigenvalue weighted by molar-refractivity contribution is 5.98. The number of benzene rings is 1. The van der Waals surface area contributed by atoms with Crippen molar-refractivity contribution in [3.8, 4) is 5.75 Å². The van der Waals surface area contributed by atoms with Crippen molar-refractivity contribution in [2.75, 3.05) is 25.0 Å². The van der Waals surface area contributed by atoms with E-state index < -0.39 is 0 Å². The number of hydrogen-bond acceptors (Lipinski definition) is 4. The molecule has 1 aliphatic heterocycles. The van der Waals surface area contributed by atoms with Crippen LogP contribution in [0.5, 0.6) is 5.75 Å². The summed E-state index contributed by atoms with van der Waals surface area (Å²) in [5.41, 5.74) is 7.25. The molecule has 156 valence electrons. The summed E-state index contributed by atoms with van der Waals surface area (Å²) in [4.78, 5) is 27.2. The molecule has 7 heteroatoms. The van der Waals surface area contributed by atoms with Crippen molar-refractivity contribution in [3.05, 3.63) is 23.8 Å². The first-order valence-electron chi connectivity index (χ1n) is 10.2. The number of halogens is 1. The van der Waals surface area contributed by atoms with Gasteiger partial charge in [0.1, 0.15) is 5.75 Å². The molecule has 6 nitrogen and oxygen atoms in total. The average molecular weight is 410 g/mol. The third-order valence-corrected chi connectivity index (χ3v) is 5.61. The number of hydrogen-bond donors (Lipinski definition) is 2. The van der Waals surface area contributed by atoms with Crippen molar-refractivity contribution >= 4 is 29.9 Å². The third-order valence-electron chi connectivity index (χ3n) is 5.61.